The molecule has 0 aliphatic heterocycles. The van der Waals surface area contributed by atoms with Gasteiger partial charge >= 0.3 is 0 Å². The van der Waals surface area contributed by atoms with Crippen LogP contribution in [0.15, 0.2) is 95.7 Å². The summed E-state index contributed by atoms with van der Waals surface area (Å²) in [5.74, 6) is -0.994. The molecule has 0 saturated carbocycles. The van der Waals surface area contributed by atoms with Crippen molar-refractivity contribution in [3.05, 3.63) is 118 Å². The van der Waals surface area contributed by atoms with E-state index in [0.29, 0.717) is 22.0 Å². The highest BCUT2D eigenvalue weighted by Crippen LogP contribution is 2.22. The Morgan fingerprint density at radius 3 is 2.20 bits per heavy atom. The van der Waals surface area contributed by atoms with E-state index >= 15 is 0 Å². The van der Waals surface area contributed by atoms with Crippen LogP contribution in [-0.4, -0.2) is 40.9 Å². The predicted octanol–water partition coefficient (Wildman–Crippen LogP) is 5.60. The Hall–Kier alpha value is -4.69. The van der Waals surface area contributed by atoms with E-state index in [1.807, 2.05) is 67.6 Å². The molecule has 40 heavy (non-hydrogen) atoms. The standard InChI is InChI=1S/C31H31ClN6O2/c1-4-37(5-2)25-18-16-23(17-19-25)20-28(34-30(39)24-12-8-6-9-13-24)31(40)35-33-21-27-22(3)36-38(29(27)32)26-14-10-7-11-15-26/h6-21H,4-5H2,1-3H3,(H,34,39)(H,35,40)/b28-20+,33-21?. The van der Waals surface area contributed by atoms with E-state index in [4.69, 9.17) is 11.6 Å². The third-order valence-corrected chi connectivity index (χ3v) is 6.63. The van der Waals surface area contributed by atoms with Crippen molar-refractivity contribution in [3.8, 4) is 5.69 Å². The van der Waals surface area contributed by atoms with Crippen LogP contribution in [0, 0.1) is 6.92 Å². The Kier molecular flexibility index (Phi) is 9.48. The maximum Gasteiger partial charge on any atom is 0.287 e. The van der Waals surface area contributed by atoms with Gasteiger partial charge in [0.1, 0.15) is 10.9 Å². The van der Waals surface area contributed by atoms with Crippen LogP contribution in [0.5, 0.6) is 0 Å². The van der Waals surface area contributed by atoms with Crippen molar-refractivity contribution in [2.24, 2.45) is 5.10 Å². The van der Waals surface area contributed by atoms with Gasteiger partial charge in [-0.05, 0) is 68.8 Å². The molecule has 0 saturated heterocycles. The first-order valence-corrected chi connectivity index (χ1v) is 13.4. The molecule has 8 nitrogen and oxygen atoms in total. The second-order valence-corrected chi connectivity index (χ2v) is 9.24. The Bertz CT molecular complexity index is 1510. The highest BCUT2D eigenvalue weighted by atomic mass is 35.5. The average Bonchev–Trinajstić information content (AvgIpc) is 3.27. The summed E-state index contributed by atoms with van der Waals surface area (Å²) in [5.41, 5.74) is 6.83. The number of rotatable bonds is 10. The lowest BCUT2D eigenvalue weighted by Gasteiger charge is -2.20. The highest BCUT2D eigenvalue weighted by Gasteiger charge is 2.16. The molecule has 0 fully saturated rings. The number of para-hydroxylation sites is 1. The summed E-state index contributed by atoms with van der Waals surface area (Å²) in [4.78, 5) is 28.3. The van der Waals surface area contributed by atoms with Crippen LogP contribution < -0.4 is 15.6 Å². The fraction of sp³-hybridized carbons (Fsp3) is 0.161. The predicted molar refractivity (Wildman–Crippen MR) is 161 cm³/mol. The molecule has 2 amide bonds. The largest absolute Gasteiger partial charge is 0.372 e. The van der Waals surface area contributed by atoms with Crippen LogP contribution in [0.3, 0.4) is 0 Å². The number of carbonyl (C=O) groups is 2. The van der Waals surface area contributed by atoms with Gasteiger partial charge < -0.3 is 10.2 Å². The van der Waals surface area contributed by atoms with Crippen LogP contribution >= 0.6 is 11.6 Å². The molecule has 0 bridgehead atoms. The Balaban J connectivity index is 1.56. The molecular weight excluding hydrogens is 524 g/mol. The third-order valence-electron chi connectivity index (χ3n) is 6.27. The first-order chi connectivity index (χ1) is 19.4. The zero-order chi connectivity index (χ0) is 28.5. The molecule has 9 heteroatoms. The van der Waals surface area contributed by atoms with E-state index in [0.717, 1.165) is 30.0 Å². The van der Waals surface area contributed by atoms with Crippen LogP contribution in [-0.2, 0) is 4.79 Å². The van der Waals surface area contributed by atoms with Crippen molar-refractivity contribution in [1.82, 2.24) is 20.5 Å². The number of aryl methyl sites for hydroxylation is 1. The number of halogens is 1. The van der Waals surface area contributed by atoms with Crippen molar-refractivity contribution in [2.75, 3.05) is 18.0 Å². The zero-order valence-electron chi connectivity index (χ0n) is 22.6. The molecule has 3 aromatic carbocycles. The highest BCUT2D eigenvalue weighted by molar-refractivity contribution is 6.32. The number of aromatic nitrogens is 2. The van der Waals surface area contributed by atoms with Gasteiger partial charge in [-0.3, -0.25) is 9.59 Å². The number of nitrogens with zero attached hydrogens (tertiary/aromatic N) is 4. The second kappa shape index (κ2) is 13.4. The van der Waals surface area contributed by atoms with Gasteiger partial charge in [-0.2, -0.15) is 10.2 Å². The molecule has 4 rings (SSSR count). The molecule has 0 aliphatic rings. The van der Waals surface area contributed by atoms with Crippen molar-refractivity contribution in [3.63, 3.8) is 0 Å². The average molecular weight is 555 g/mol. The summed E-state index contributed by atoms with van der Waals surface area (Å²) in [6.07, 6.45) is 3.06. The Labute approximate surface area is 239 Å². The maximum absolute atomic E-state index is 13.2. The van der Waals surface area contributed by atoms with Gasteiger partial charge in [0.2, 0.25) is 0 Å². The fourth-order valence-electron chi connectivity index (χ4n) is 4.09. The van der Waals surface area contributed by atoms with E-state index in [9.17, 15) is 9.59 Å². The molecule has 204 valence electrons. The third kappa shape index (κ3) is 6.84. The molecular formula is C31H31ClN6O2. The molecule has 1 aromatic heterocycles. The summed E-state index contributed by atoms with van der Waals surface area (Å²) in [6, 6.07) is 26.0. The van der Waals surface area contributed by atoms with Crippen molar-refractivity contribution < 1.29 is 9.59 Å². The molecule has 0 atom stereocenters. The smallest absolute Gasteiger partial charge is 0.287 e. The van der Waals surface area contributed by atoms with Gasteiger partial charge in [-0.25, -0.2) is 10.1 Å². The van der Waals surface area contributed by atoms with Gasteiger partial charge in [0, 0.05) is 24.3 Å². The molecule has 1 heterocycles. The van der Waals surface area contributed by atoms with Crippen LogP contribution in [0.25, 0.3) is 11.8 Å². The topological polar surface area (TPSA) is 91.6 Å². The fourth-order valence-corrected chi connectivity index (χ4v) is 4.41. The summed E-state index contributed by atoms with van der Waals surface area (Å²) >= 11 is 6.57. The number of hydrazone groups is 1. The van der Waals surface area contributed by atoms with E-state index < -0.39 is 11.8 Å². The molecule has 0 spiro atoms. The minimum absolute atomic E-state index is 0.0457. The summed E-state index contributed by atoms with van der Waals surface area (Å²) in [6.45, 7) is 7.78. The van der Waals surface area contributed by atoms with Crippen LogP contribution in [0.2, 0.25) is 5.15 Å². The molecule has 0 unspecified atom stereocenters. The summed E-state index contributed by atoms with van der Waals surface area (Å²) < 4.78 is 1.60. The van der Waals surface area contributed by atoms with E-state index in [2.05, 4.69) is 39.7 Å². The lowest BCUT2D eigenvalue weighted by molar-refractivity contribution is -0.117. The molecule has 2 N–H and O–H groups in total. The van der Waals surface area contributed by atoms with E-state index in [1.165, 1.54) is 6.21 Å². The van der Waals surface area contributed by atoms with E-state index in [-0.39, 0.29) is 5.70 Å². The molecule has 4 aromatic rings. The summed E-state index contributed by atoms with van der Waals surface area (Å²) in [7, 11) is 0. The van der Waals surface area contributed by atoms with Crippen molar-refractivity contribution >= 4 is 41.4 Å². The number of nitrogens with one attached hydrogen (secondary N) is 2. The first kappa shape index (κ1) is 28.3. The monoisotopic (exact) mass is 554 g/mol. The minimum atomic E-state index is -0.586. The molecule has 0 aliphatic carbocycles. The van der Waals surface area contributed by atoms with Crippen molar-refractivity contribution in [2.45, 2.75) is 20.8 Å². The van der Waals surface area contributed by atoms with E-state index in [1.54, 1.807) is 35.0 Å². The lowest BCUT2D eigenvalue weighted by Crippen LogP contribution is -2.32. The van der Waals surface area contributed by atoms with Gasteiger partial charge in [0.25, 0.3) is 11.8 Å². The van der Waals surface area contributed by atoms with Gasteiger partial charge in [0.15, 0.2) is 0 Å². The second-order valence-electron chi connectivity index (χ2n) is 8.88. The molecule has 0 radical (unpaired) electrons. The first-order valence-electron chi connectivity index (χ1n) is 13.0. The Morgan fingerprint density at radius 2 is 1.57 bits per heavy atom. The number of hydrogen-bond donors (Lipinski definition) is 2. The number of hydrogen-bond acceptors (Lipinski definition) is 5. The van der Waals surface area contributed by atoms with Crippen LogP contribution in [0.1, 0.15) is 41.0 Å². The number of anilines is 1. The normalized spacial score (nSPS) is 11.4. The lowest BCUT2D eigenvalue weighted by atomic mass is 10.1. The number of benzene rings is 3. The Morgan fingerprint density at radius 1 is 0.950 bits per heavy atom. The summed E-state index contributed by atoms with van der Waals surface area (Å²) in [5, 5.41) is 11.7. The number of carbonyl (C=O) groups excluding carboxylic acids is 2. The minimum Gasteiger partial charge on any atom is -0.372 e. The van der Waals surface area contributed by atoms with Gasteiger partial charge in [-0.1, -0.05) is 60.1 Å². The van der Waals surface area contributed by atoms with Gasteiger partial charge in [-0.15, -0.1) is 0 Å². The zero-order valence-corrected chi connectivity index (χ0v) is 23.4. The van der Waals surface area contributed by atoms with Crippen LogP contribution in [0.4, 0.5) is 5.69 Å². The maximum atomic E-state index is 13.2. The van der Waals surface area contributed by atoms with Crippen molar-refractivity contribution in [1.29, 1.82) is 0 Å². The van der Waals surface area contributed by atoms with Gasteiger partial charge in [0.05, 0.1) is 23.2 Å². The number of amides is 2. The quantitative estimate of drug-likeness (QED) is 0.152. The SMILES string of the molecule is CCN(CC)c1ccc(/C=C(/NC(=O)c2ccccc2)C(=O)NN=Cc2c(C)nn(-c3ccccc3)c2Cl)cc1.